The molecule has 0 spiro atoms. The Hall–Kier alpha value is -5.46. The van der Waals surface area contributed by atoms with E-state index in [4.69, 9.17) is 9.47 Å². The summed E-state index contributed by atoms with van der Waals surface area (Å²) in [7, 11) is 4.10. The third kappa shape index (κ3) is 9.29. The number of carbonyl (C=O) groups excluding carboxylic acids is 2. The zero-order valence-electron chi connectivity index (χ0n) is 32.9. The van der Waals surface area contributed by atoms with Crippen LogP contribution in [0.25, 0.3) is 33.6 Å². The van der Waals surface area contributed by atoms with Gasteiger partial charge in [-0.3, -0.25) is 9.69 Å². The summed E-state index contributed by atoms with van der Waals surface area (Å²) < 4.78 is 58.7. The zero-order valence-corrected chi connectivity index (χ0v) is 32.9. The lowest BCUT2D eigenvalue weighted by Gasteiger charge is -2.30. The van der Waals surface area contributed by atoms with Gasteiger partial charge in [0.25, 0.3) is 0 Å². The van der Waals surface area contributed by atoms with Gasteiger partial charge in [-0.15, -0.1) is 0 Å². The summed E-state index contributed by atoms with van der Waals surface area (Å²) in [6.45, 7) is 4.96. The number of benzene rings is 2. The summed E-state index contributed by atoms with van der Waals surface area (Å²) in [4.78, 5) is 55.7. The van der Waals surface area contributed by atoms with Crippen molar-refractivity contribution in [1.82, 2.24) is 40.4 Å². The van der Waals surface area contributed by atoms with Crippen LogP contribution in [0.2, 0.25) is 0 Å². The van der Waals surface area contributed by atoms with Crippen LogP contribution in [0.3, 0.4) is 0 Å². The quantitative estimate of drug-likeness (QED) is 0.0957. The van der Waals surface area contributed by atoms with Crippen molar-refractivity contribution in [1.29, 1.82) is 0 Å². The van der Waals surface area contributed by atoms with Gasteiger partial charge < -0.3 is 44.8 Å². The Morgan fingerprint density at radius 3 is 2.05 bits per heavy atom. The number of ether oxygens (including phenoxy) is 3. The minimum absolute atomic E-state index is 0.00240. The normalized spacial score (nSPS) is 19.4. The maximum Gasteiger partial charge on any atom is 0.435 e. The number of alkyl carbamates (subject to hydrolysis) is 1. The fourth-order valence-electron chi connectivity index (χ4n) is 7.72. The number of nitrogens with zero attached hydrogens (tertiary/aromatic N) is 4. The van der Waals surface area contributed by atoms with Gasteiger partial charge in [-0.25, -0.2) is 19.6 Å². The SMILES string of the molecule is COC(=O)N[C@H](C(=O)N1CCC[C@H]1c1nc(C(F)(F)F)c(-c2ccc(-c3ccc(-c4cnc([C@@H]5CCCN5C[C@H](NC(=O)O)[C@@H](C)OC)[nH]4)cc3)cc2)[nH]1)[C@@H](C)OC. The fraction of sp³-hybridized carbons (Fsp3) is 0.475. The van der Waals surface area contributed by atoms with Crippen molar-refractivity contribution in [3.63, 3.8) is 0 Å². The van der Waals surface area contributed by atoms with E-state index in [1.165, 1.54) is 12.0 Å². The number of alkyl halides is 3. The predicted molar refractivity (Wildman–Crippen MR) is 206 cm³/mol. The monoisotopic (exact) mass is 810 g/mol. The molecule has 2 aliphatic heterocycles. The van der Waals surface area contributed by atoms with E-state index >= 15 is 0 Å². The standard InChI is InChI=1S/C40H49F3N8O7/c1-22(56-3)29(46-38(53)54)21-50-18-6-8-30(50)35-44-20-28(45-35)26-14-10-24(11-15-26)25-12-16-27(17-13-25)33-34(40(41,42)43)49-36(47-33)31-9-7-19-51(31)37(52)32(23(2)57-4)48-39(55)58-5/h10-17,20,22-23,29-32,46H,6-9,18-19,21H2,1-5H3,(H,44,45)(H,47,49)(H,48,55)(H,53,54)/t22-,23-,29+,30+,31+,32+/m1/s1. The minimum atomic E-state index is -4.78. The van der Waals surface area contributed by atoms with Crippen molar-refractivity contribution in [3.8, 4) is 33.6 Å². The molecule has 58 heavy (non-hydrogen) atoms. The number of likely N-dealkylation sites (tertiary alicyclic amines) is 2. The highest BCUT2D eigenvalue weighted by Gasteiger charge is 2.43. The third-order valence-electron chi connectivity index (χ3n) is 11.1. The Bertz CT molecular complexity index is 2040. The highest BCUT2D eigenvalue weighted by molar-refractivity contribution is 5.87. The number of aromatic amines is 2. The molecule has 2 saturated heterocycles. The van der Waals surface area contributed by atoms with E-state index < -0.39 is 54.2 Å². The number of halogens is 3. The van der Waals surface area contributed by atoms with Crippen molar-refractivity contribution < 1.29 is 46.9 Å². The number of methoxy groups -OCH3 is 3. The van der Waals surface area contributed by atoms with Gasteiger partial charge in [-0.2, -0.15) is 13.2 Å². The molecule has 0 bridgehead atoms. The van der Waals surface area contributed by atoms with Crippen molar-refractivity contribution in [2.24, 2.45) is 0 Å². The van der Waals surface area contributed by atoms with E-state index in [-0.39, 0.29) is 35.8 Å². The molecule has 2 aliphatic rings. The first-order valence-corrected chi connectivity index (χ1v) is 19.1. The van der Waals surface area contributed by atoms with Gasteiger partial charge in [0.05, 0.1) is 55.0 Å². The second-order valence-electron chi connectivity index (χ2n) is 14.6. The van der Waals surface area contributed by atoms with Crippen molar-refractivity contribution >= 4 is 18.1 Å². The first-order chi connectivity index (χ1) is 27.7. The Kier molecular flexibility index (Phi) is 13.1. The molecule has 4 heterocycles. The van der Waals surface area contributed by atoms with E-state index in [9.17, 15) is 32.7 Å². The number of imidazole rings is 2. The van der Waals surface area contributed by atoms with Crippen LogP contribution in [0.1, 0.15) is 69.0 Å². The highest BCUT2D eigenvalue weighted by Crippen LogP contribution is 2.40. The van der Waals surface area contributed by atoms with Gasteiger partial charge >= 0.3 is 18.4 Å². The van der Waals surface area contributed by atoms with Crippen LogP contribution in [0, 0.1) is 0 Å². The molecule has 2 aromatic carbocycles. The maximum absolute atomic E-state index is 14.4. The van der Waals surface area contributed by atoms with E-state index in [1.807, 2.05) is 31.2 Å². The minimum Gasteiger partial charge on any atom is -0.465 e. The third-order valence-corrected chi connectivity index (χ3v) is 11.1. The van der Waals surface area contributed by atoms with Crippen molar-refractivity contribution in [2.45, 2.75) is 82.1 Å². The highest BCUT2D eigenvalue weighted by atomic mass is 19.4. The molecule has 6 rings (SSSR count). The van der Waals surface area contributed by atoms with E-state index in [1.54, 1.807) is 44.5 Å². The summed E-state index contributed by atoms with van der Waals surface area (Å²) in [6.07, 6.45) is -3.29. The number of rotatable bonds is 14. The van der Waals surface area contributed by atoms with E-state index in [0.29, 0.717) is 19.4 Å². The molecule has 2 aromatic heterocycles. The Morgan fingerprint density at radius 1 is 0.845 bits per heavy atom. The zero-order chi connectivity index (χ0) is 41.7. The molecular weight excluding hydrogens is 761 g/mol. The molecule has 5 N–H and O–H groups in total. The lowest BCUT2D eigenvalue weighted by Crippen LogP contribution is -2.54. The molecule has 6 atom stereocenters. The van der Waals surface area contributed by atoms with E-state index in [2.05, 4.69) is 40.2 Å². The summed E-state index contributed by atoms with van der Waals surface area (Å²) >= 11 is 0. The molecule has 0 saturated carbocycles. The van der Waals surface area contributed by atoms with Gasteiger partial charge in [0.2, 0.25) is 5.91 Å². The maximum atomic E-state index is 14.4. The van der Waals surface area contributed by atoms with Gasteiger partial charge in [-0.05, 0) is 62.8 Å². The Balaban J connectivity index is 1.17. The van der Waals surface area contributed by atoms with Crippen LogP contribution in [-0.4, -0.2) is 118 Å². The van der Waals surface area contributed by atoms with Crippen LogP contribution in [-0.2, 0) is 25.2 Å². The first kappa shape index (κ1) is 42.2. The van der Waals surface area contributed by atoms with Crippen LogP contribution in [0.4, 0.5) is 22.8 Å². The van der Waals surface area contributed by atoms with E-state index in [0.717, 1.165) is 54.7 Å². The summed E-state index contributed by atoms with van der Waals surface area (Å²) in [5.74, 6) is 0.267. The summed E-state index contributed by atoms with van der Waals surface area (Å²) in [5, 5.41) is 14.4. The number of aromatic nitrogens is 4. The average Bonchev–Trinajstić information content (AvgIpc) is 4.05. The Labute approximate surface area is 333 Å². The smallest absolute Gasteiger partial charge is 0.435 e. The van der Waals surface area contributed by atoms with Crippen LogP contribution >= 0.6 is 0 Å². The lowest BCUT2D eigenvalue weighted by atomic mass is 10.0. The van der Waals surface area contributed by atoms with Crippen LogP contribution < -0.4 is 10.6 Å². The molecule has 18 heteroatoms. The molecule has 2 fully saturated rings. The van der Waals surface area contributed by atoms with Crippen molar-refractivity contribution in [2.75, 3.05) is 41.0 Å². The number of nitrogens with one attached hydrogen (secondary N) is 4. The molecule has 0 aliphatic carbocycles. The average molecular weight is 811 g/mol. The first-order valence-electron chi connectivity index (χ1n) is 19.1. The van der Waals surface area contributed by atoms with Gasteiger partial charge in [0.1, 0.15) is 17.7 Å². The number of amides is 3. The largest absolute Gasteiger partial charge is 0.465 e. The van der Waals surface area contributed by atoms with Crippen LogP contribution in [0.5, 0.6) is 0 Å². The Morgan fingerprint density at radius 2 is 1.45 bits per heavy atom. The molecule has 4 aromatic rings. The number of hydrogen-bond acceptors (Lipinski definition) is 9. The number of hydrogen-bond donors (Lipinski definition) is 5. The van der Waals surface area contributed by atoms with Gasteiger partial charge in [0, 0.05) is 32.9 Å². The number of carboxylic acid groups (broad SMARTS) is 1. The lowest BCUT2D eigenvalue weighted by molar-refractivity contribution is -0.140. The van der Waals surface area contributed by atoms with Crippen molar-refractivity contribution in [3.05, 3.63) is 72.1 Å². The molecule has 15 nitrogen and oxygen atoms in total. The summed E-state index contributed by atoms with van der Waals surface area (Å²) in [6, 6.07) is 12.1. The molecule has 3 amide bonds. The molecular formula is C40H49F3N8O7. The second-order valence-corrected chi connectivity index (χ2v) is 14.6. The molecule has 0 unspecified atom stereocenters. The van der Waals surface area contributed by atoms with Crippen LogP contribution in [0.15, 0.2) is 54.7 Å². The number of H-pyrrole nitrogens is 2. The van der Waals surface area contributed by atoms with Gasteiger partial charge in [-0.1, -0.05) is 48.5 Å². The second kappa shape index (κ2) is 18.0. The topological polar surface area (TPSA) is 187 Å². The van der Waals surface area contributed by atoms with Gasteiger partial charge in [0.15, 0.2) is 5.69 Å². The molecule has 0 radical (unpaired) electrons. The fourth-order valence-corrected chi connectivity index (χ4v) is 7.72. The molecule has 312 valence electrons. The predicted octanol–water partition coefficient (Wildman–Crippen LogP) is 6.38. The number of carbonyl (C=O) groups is 3. The summed E-state index contributed by atoms with van der Waals surface area (Å²) in [5.41, 5.74) is 2.32.